The van der Waals surface area contributed by atoms with Crippen molar-refractivity contribution in [3.05, 3.63) is 12.2 Å². The Bertz CT molecular complexity index is 180. The molecule has 0 bridgehead atoms. The molecule has 0 spiro atoms. The van der Waals surface area contributed by atoms with E-state index in [9.17, 15) is 0 Å². The van der Waals surface area contributed by atoms with Crippen LogP contribution in [0.3, 0.4) is 0 Å². The molecule has 0 fully saturated rings. The second kappa shape index (κ2) is 21.9. The monoisotopic (exact) mass is 385 g/mol. The van der Waals surface area contributed by atoms with Gasteiger partial charge in [-0.2, -0.15) is 0 Å². The summed E-state index contributed by atoms with van der Waals surface area (Å²) in [4.78, 5) is 0. The first-order chi connectivity index (χ1) is 9.41. The summed E-state index contributed by atoms with van der Waals surface area (Å²) in [5, 5.41) is 0. The van der Waals surface area contributed by atoms with Crippen molar-refractivity contribution in [2.45, 2.75) is 96.8 Å². The summed E-state index contributed by atoms with van der Waals surface area (Å²) in [5.41, 5.74) is 5.47. The van der Waals surface area contributed by atoms with Gasteiger partial charge in [-0.3, -0.25) is 0 Å². The number of rotatable bonds is 15. The molecule has 0 aliphatic heterocycles. The molecule has 2 heteroatoms. The Morgan fingerprint density at radius 1 is 0.600 bits per heavy atom. The zero-order valence-corrected chi connectivity index (χ0v) is 13.3. The zero-order valence-electron chi connectivity index (χ0n) is 13.3. The average Bonchev–Trinajstić information content (AvgIpc) is 2.43. The van der Waals surface area contributed by atoms with Gasteiger partial charge in [0.05, 0.1) is 0 Å². The van der Waals surface area contributed by atoms with Crippen molar-refractivity contribution in [3.8, 4) is 0 Å². The van der Waals surface area contributed by atoms with Crippen LogP contribution in [-0.2, 0) is 0 Å². The molecular formula is C18H40InN. The van der Waals surface area contributed by atoms with Crippen molar-refractivity contribution in [2.75, 3.05) is 6.54 Å². The Morgan fingerprint density at radius 3 is 1.45 bits per heavy atom. The molecule has 0 unspecified atom stereocenters. The first-order valence-electron chi connectivity index (χ1n) is 8.77. The fourth-order valence-corrected chi connectivity index (χ4v) is 2.39. The topological polar surface area (TPSA) is 26.0 Å². The Labute approximate surface area is 147 Å². The van der Waals surface area contributed by atoms with Gasteiger partial charge < -0.3 is 5.73 Å². The van der Waals surface area contributed by atoms with Gasteiger partial charge in [0.25, 0.3) is 0 Å². The van der Waals surface area contributed by atoms with E-state index < -0.39 is 0 Å². The van der Waals surface area contributed by atoms with Crippen molar-refractivity contribution in [1.82, 2.24) is 0 Å². The summed E-state index contributed by atoms with van der Waals surface area (Å²) >= 11 is 0. The molecule has 0 aromatic carbocycles. The summed E-state index contributed by atoms with van der Waals surface area (Å²) in [5.74, 6) is 0. The number of allylic oxidation sites excluding steroid dienone is 2. The van der Waals surface area contributed by atoms with E-state index in [2.05, 4.69) is 19.1 Å². The van der Waals surface area contributed by atoms with Crippen LogP contribution in [0, 0.1) is 0 Å². The van der Waals surface area contributed by atoms with Gasteiger partial charge in [-0.05, 0) is 38.6 Å². The van der Waals surface area contributed by atoms with Crippen LogP contribution in [0.5, 0.6) is 0 Å². The normalized spacial score (nSPS) is 10.9. The molecule has 120 valence electrons. The first kappa shape index (κ1) is 22.8. The summed E-state index contributed by atoms with van der Waals surface area (Å²) in [6.45, 7) is 3.14. The number of hydrogen-bond donors (Lipinski definition) is 1. The van der Waals surface area contributed by atoms with Crippen LogP contribution in [0.4, 0.5) is 0 Å². The Kier molecular flexibility index (Phi) is 25.0. The summed E-state index contributed by atoms with van der Waals surface area (Å²) in [7, 11) is 0. The molecule has 0 rings (SSSR count). The third-order valence-corrected chi connectivity index (χ3v) is 3.72. The van der Waals surface area contributed by atoms with Gasteiger partial charge >= 0.3 is 25.8 Å². The van der Waals surface area contributed by atoms with Gasteiger partial charge in [0, 0.05) is 0 Å². The first-order valence-corrected chi connectivity index (χ1v) is 8.77. The van der Waals surface area contributed by atoms with E-state index in [0.29, 0.717) is 0 Å². The fourth-order valence-electron chi connectivity index (χ4n) is 2.39. The molecule has 2 N–H and O–H groups in total. The predicted octanol–water partition coefficient (Wildman–Crippen LogP) is 4.80. The zero-order chi connectivity index (χ0) is 14.0. The van der Waals surface area contributed by atoms with Gasteiger partial charge in [-0.15, -0.1) is 0 Å². The predicted molar refractivity (Wildman–Crippen MR) is 98.4 cm³/mol. The van der Waals surface area contributed by atoms with E-state index in [1.165, 1.54) is 89.9 Å². The molecule has 0 heterocycles. The van der Waals surface area contributed by atoms with Gasteiger partial charge in [-0.1, -0.05) is 76.9 Å². The maximum absolute atomic E-state index is 5.47. The number of unbranched alkanes of at least 4 members (excludes halogenated alkanes) is 12. The Balaban J connectivity index is 0. The molecule has 0 atom stereocenters. The second-order valence-electron chi connectivity index (χ2n) is 5.73. The molecular weight excluding hydrogens is 345 g/mol. The van der Waals surface area contributed by atoms with Crippen molar-refractivity contribution in [2.24, 2.45) is 5.73 Å². The van der Waals surface area contributed by atoms with E-state index in [0.717, 1.165) is 6.54 Å². The molecule has 20 heavy (non-hydrogen) atoms. The minimum atomic E-state index is 0. The maximum atomic E-state index is 5.47. The molecule has 0 aliphatic carbocycles. The third-order valence-electron chi connectivity index (χ3n) is 3.72. The minimum absolute atomic E-state index is 0. The molecule has 0 aromatic heterocycles. The number of hydrogen-bond acceptors (Lipinski definition) is 1. The summed E-state index contributed by atoms with van der Waals surface area (Å²) < 4.78 is 0. The fraction of sp³-hybridized carbons (Fsp3) is 0.889. The van der Waals surface area contributed by atoms with Gasteiger partial charge in [-0.25, -0.2) is 0 Å². The summed E-state index contributed by atoms with van der Waals surface area (Å²) in [6, 6.07) is 0. The van der Waals surface area contributed by atoms with Crippen molar-refractivity contribution in [1.29, 1.82) is 0 Å². The van der Waals surface area contributed by atoms with Crippen molar-refractivity contribution in [3.63, 3.8) is 0 Å². The van der Waals surface area contributed by atoms with Gasteiger partial charge in [0.15, 0.2) is 0 Å². The van der Waals surface area contributed by atoms with Crippen LogP contribution >= 0.6 is 0 Å². The van der Waals surface area contributed by atoms with Gasteiger partial charge in [0.1, 0.15) is 0 Å². The molecule has 0 amide bonds. The molecule has 1 nitrogen and oxygen atoms in total. The molecule has 0 aliphatic rings. The van der Waals surface area contributed by atoms with Crippen LogP contribution in [0.25, 0.3) is 0 Å². The van der Waals surface area contributed by atoms with E-state index in [1.54, 1.807) is 0 Å². The standard InChI is InChI=1S/C18H37N.In.3H/c1-2-3-4-5-6-7-8-9-10-11-12-13-14-15-16-17-18-19;;;;/h9-10H,2-8,11-19H2,1H3;;;;/b10-9-;;;;. The van der Waals surface area contributed by atoms with E-state index in [1.807, 2.05) is 0 Å². The third kappa shape index (κ3) is 20.9. The van der Waals surface area contributed by atoms with Crippen molar-refractivity contribution < 1.29 is 0 Å². The van der Waals surface area contributed by atoms with E-state index in [-0.39, 0.29) is 25.8 Å². The Hall–Kier alpha value is 0.570. The second-order valence-corrected chi connectivity index (χ2v) is 5.73. The molecule has 0 saturated carbocycles. The van der Waals surface area contributed by atoms with E-state index in [4.69, 9.17) is 5.73 Å². The Morgan fingerprint density at radius 2 is 1.00 bits per heavy atom. The van der Waals surface area contributed by atoms with Crippen LogP contribution < -0.4 is 5.73 Å². The molecule has 0 saturated heterocycles. The number of nitrogens with two attached hydrogens (primary N) is 1. The van der Waals surface area contributed by atoms with Crippen LogP contribution in [0.1, 0.15) is 96.8 Å². The quantitative estimate of drug-likeness (QED) is 0.318. The molecule has 0 radical (unpaired) electrons. The van der Waals surface area contributed by atoms with E-state index >= 15 is 0 Å². The summed E-state index contributed by atoms with van der Waals surface area (Å²) in [6.07, 6.45) is 23.9. The van der Waals surface area contributed by atoms with Crippen LogP contribution in [0.15, 0.2) is 12.2 Å². The van der Waals surface area contributed by atoms with Crippen LogP contribution in [0.2, 0.25) is 0 Å². The molecule has 0 aromatic rings. The van der Waals surface area contributed by atoms with Crippen LogP contribution in [-0.4, -0.2) is 32.4 Å². The van der Waals surface area contributed by atoms with Gasteiger partial charge in [0.2, 0.25) is 0 Å². The average molecular weight is 385 g/mol. The SMILES string of the molecule is CCCCCCCC/C=C\CCCCCCCCN.[InH3]. The van der Waals surface area contributed by atoms with Crippen molar-refractivity contribution >= 4 is 25.8 Å².